The van der Waals surface area contributed by atoms with Crippen molar-refractivity contribution in [3.63, 3.8) is 0 Å². The maximum absolute atomic E-state index is 12.6. The first-order chi connectivity index (χ1) is 13.0. The van der Waals surface area contributed by atoms with Gasteiger partial charge in [-0.25, -0.2) is 18.1 Å². The van der Waals surface area contributed by atoms with E-state index in [0.29, 0.717) is 5.13 Å². The third-order valence-electron chi connectivity index (χ3n) is 4.68. The molecular formula is C18H21N3O4S2. The number of carbonyl (C=O) groups is 1. The summed E-state index contributed by atoms with van der Waals surface area (Å²) in [4.78, 5) is 18.3. The Hall–Kier alpha value is -1.97. The number of thiazole rings is 1. The molecule has 1 fully saturated rings. The maximum atomic E-state index is 12.6. The van der Waals surface area contributed by atoms with Gasteiger partial charge >= 0.3 is 0 Å². The van der Waals surface area contributed by atoms with Gasteiger partial charge in [0.1, 0.15) is 10.6 Å². The highest BCUT2D eigenvalue weighted by atomic mass is 32.2. The van der Waals surface area contributed by atoms with E-state index in [4.69, 9.17) is 4.74 Å². The molecule has 1 amide bonds. The van der Waals surface area contributed by atoms with Gasteiger partial charge in [-0.2, -0.15) is 0 Å². The second-order valence-corrected chi connectivity index (χ2v) is 9.58. The lowest BCUT2D eigenvalue weighted by Crippen LogP contribution is -2.26. The van der Waals surface area contributed by atoms with Crippen LogP contribution in [0, 0.1) is 0 Å². The third-order valence-corrected chi connectivity index (χ3v) is 7.30. The zero-order valence-electron chi connectivity index (χ0n) is 14.9. The van der Waals surface area contributed by atoms with Crippen molar-refractivity contribution in [2.75, 3.05) is 12.4 Å². The van der Waals surface area contributed by atoms with E-state index in [1.54, 1.807) is 6.07 Å². The number of anilines is 1. The standard InChI is InChI=1S/C18H21N3O4S2/c1-25-14-9-6-11(10-16(14)27(23,24)21-12-7-8-12)17(22)20-18-19-13-4-2-3-5-15(13)26-18/h6,9-10,12,21H,2-5,7-8H2,1H3,(H,19,20,22). The topological polar surface area (TPSA) is 97.4 Å². The van der Waals surface area contributed by atoms with E-state index >= 15 is 0 Å². The first kappa shape index (κ1) is 18.4. The second kappa shape index (κ2) is 7.21. The van der Waals surface area contributed by atoms with Crippen LogP contribution < -0.4 is 14.8 Å². The monoisotopic (exact) mass is 407 g/mol. The van der Waals surface area contributed by atoms with Gasteiger partial charge in [0.15, 0.2) is 5.13 Å². The molecule has 1 saturated carbocycles. The van der Waals surface area contributed by atoms with Crippen molar-refractivity contribution in [2.24, 2.45) is 0 Å². The van der Waals surface area contributed by atoms with Gasteiger partial charge in [-0.05, 0) is 56.7 Å². The molecule has 1 aromatic heterocycles. The zero-order chi connectivity index (χ0) is 19.0. The summed E-state index contributed by atoms with van der Waals surface area (Å²) >= 11 is 1.49. The van der Waals surface area contributed by atoms with Gasteiger partial charge in [-0.3, -0.25) is 10.1 Å². The van der Waals surface area contributed by atoms with Crippen LogP contribution in [0.25, 0.3) is 0 Å². The number of aromatic nitrogens is 1. The number of amides is 1. The molecule has 2 aliphatic carbocycles. The van der Waals surface area contributed by atoms with Gasteiger partial charge in [0.2, 0.25) is 10.0 Å². The molecular weight excluding hydrogens is 386 g/mol. The van der Waals surface area contributed by atoms with E-state index in [2.05, 4.69) is 15.0 Å². The Balaban J connectivity index is 1.58. The van der Waals surface area contributed by atoms with Crippen molar-refractivity contribution in [3.05, 3.63) is 34.3 Å². The van der Waals surface area contributed by atoms with Crippen LogP contribution in [0.1, 0.15) is 46.6 Å². The van der Waals surface area contributed by atoms with Crippen LogP contribution in [-0.2, 0) is 22.9 Å². The smallest absolute Gasteiger partial charge is 0.257 e. The summed E-state index contributed by atoms with van der Waals surface area (Å²) in [5.41, 5.74) is 1.31. The van der Waals surface area contributed by atoms with E-state index in [1.807, 2.05) is 0 Å². The molecule has 2 aromatic rings. The summed E-state index contributed by atoms with van der Waals surface area (Å²) < 4.78 is 33.0. The average molecular weight is 408 g/mol. The van der Waals surface area contributed by atoms with Gasteiger partial charge in [-0.1, -0.05) is 0 Å². The number of carbonyl (C=O) groups excluding carboxylic acids is 1. The lowest BCUT2D eigenvalue weighted by molar-refractivity contribution is 0.102. The van der Waals surface area contributed by atoms with E-state index < -0.39 is 10.0 Å². The summed E-state index contributed by atoms with van der Waals surface area (Å²) in [5, 5.41) is 3.36. The van der Waals surface area contributed by atoms with Crippen LogP contribution in [0.15, 0.2) is 23.1 Å². The molecule has 0 aliphatic heterocycles. The minimum absolute atomic E-state index is 0.0250. The second-order valence-electron chi connectivity index (χ2n) is 6.81. The number of ether oxygens (including phenoxy) is 1. The predicted molar refractivity (Wildman–Crippen MR) is 103 cm³/mol. The van der Waals surface area contributed by atoms with Crippen LogP contribution >= 0.6 is 11.3 Å². The molecule has 1 heterocycles. The van der Waals surface area contributed by atoms with Gasteiger partial charge in [0.05, 0.1) is 12.8 Å². The predicted octanol–water partition coefficient (Wildman–Crippen LogP) is 2.72. The number of aryl methyl sites for hydroxylation is 2. The van der Waals surface area contributed by atoms with Crippen LogP contribution in [0.3, 0.4) is 0 Å². The summed E-state index contributed by atoms with van der Waals surface area (Å²) in [6.45, 7) is 0. The number of nitrogens with zero attached hydrogens (tertiary/aromatic N) is 1. The van der Waals surface area contributed by atoms with Crippen molar-refractivity contribution in [1.29, 1.82) is 0 Å². The molecule has 144 valence electrons. The Labute approximate surface area is 162 Å². The fourth-order valence-electron chi connectivity index (χ4n) is 3.09. The van der Waals surface area contributed by atoms with Gasteiger partial charge < -0.3 is 4.74 Å². The van der Waals surface area contributed by atoms with Crippen molar-refractivity contribution >= 4 is 32.4 Å². The van der Waals surface area contributed by atoms with Gasteiger partial charge in [0, 0.05) is 16.5 Å². The SMILES string of the molecule is COc1ccc(C(=O)Nc2nc3c(s2)CCCC3)cc1S(=O)(=O)NC1CC1. The van der Waals surface area contributed by atoms with E-state index in [9.17, 15) is 13.2 Å². The summed E-state index contributed by atoms with van der Waals surface area (Å²) in [6, 6.07) is 4.38. The minimum Gasteiger partial charge on any atom is -0.495 e. The highest BCUT2D eigenvalue weighted by molar-refractivity contribution is 7.89. The molecule has 0 atom stereocenters. The van der Waals surface area contributed by atoms with Gasteiger partial charge in [0.25, 0.3) is 5.91 Å². The third kappa shape index (κ3) is 3.99. The molecule has 0 unspecified atom stereocenters. The summed E-state index contributed by atoms with van der Waals surface area (Å²) in [6.07, 6.45) is 5.88. The van der Waals surface area contributed by atoms with Crippen molar-refractivity contribution in [3.8, 4) is 5.75 Å². The van der Waals surface area contributed by atoms with Crippen molar-refractivity contribution in [1.82, 2.24) is 9.71 Å². The zero-order valence-corrected chi connectivity index (χ0v) is 16.6. The number of hydrogen-bond donors (Lipinski definition) is 2. The van der Waals surface area contributed by atoms with E-state index in [1.165, 1.54) is 35.5 Å². The molecule has 0 bridgehead atoms. The molecule has 0 radical (unpaired) electrons. The number of sulfonamides is 1. The summed E-state index contributed by atoms with van der Waals surface area (Å²) in [7, 11) is -2.33. The van der Waals surface area contributed by atoms with E-state index in [-0.39, 0.29) is 28.2 Å². The minimum atomic E-state index is -3.74. The Morgan fingerprint density at radius 1 is 1.26 bits per heavy atom. The molecule has 0 saturated heterocycles. The Morgan fingerprint density at radius 3 is 2.74 bits per heavy atom. The van der Waals surface area contributed by atoms with Gasteiger partial charge in [-0.15, -0.1) is 11.3 Å². The first-order valence-electron chi connectivity index (χ1n) is 8.96. The lowest BCUT2D eigenvalue weighted by atomic mass is 10.0. The molecule has 0 spiro atoms. The molecule has 27 heavy (non-hydrogen) atoms. The van der Waals surface area contributed by atoms with Crippen molar-refractivity contribution in [2.45, 2.75) is 49.5 Å². The molecule has 4 rings (SSSR count). The quantitative estimate of drug-likeness (QED) is 0.767. The van der Waals surface area contributed by atoms with Crippen LogP contribution in [0.2, 0.25) is 0 Å². The number of hydrogen-bond acceptors (Lipinski definition) is 6. The highest BCUT2D eigenvalue weighted by Gasteiger charge is 2.30. The fourth-order valence-corrected chi connectivity index (χ4v) is 5.63. The molecule has 1 aromatic carbocycles. The lowest BCUT2D eigenvalue weighted by Gasteiger charge is -2.12. The maximum Gasteiger partial charge on any atom is 0.257 e. The fraction of sp³-hybridized carbons (Fsp3) is 0.444. The summed E-state index contributed by atoms with van der Waals surface area (Å²) in [5.74, 6) is -0.170. The normalized spacial score (nSPS) is 16.6. The highest BCUT2D eigenvalue weighted by Crippen LogP contribution is 2.31. The molecule has 9 heteroatoms. The Bertz CT molecular complexity index is 957. The van der Waals surface area contributed by atoms with Crippen LogP contribution in [0.4, 0.5) is 5.13 Å². The molecule has 2 N–H and O–H groups in total. The largest absolute Gasteiger partial charge is 0.495 e. The average Bonchev–Trinajstić information content (AvgIpc) is 3.36. The van der Waals surface area contributed by atoms with Crippen LogP contribution in [0.5, 0.6) is 5.75 Å². The van der Waals surface area contributed by atoms with Crippen LogP contribution in [-0.4, -0.2) is 32.5 Å². The molecule has 7 nitrogen and oxygen atoms in total. The van der Waals surface area contributed by atoms with E-state index in [0.717, 1.165) is 44.2 Å². The van der Waals surface area contributed by atoms with Crippen molar-refractivity contribution < 1.29 is 17.9 Å². The number of fused-ring (bicyclic) bond motifs is 1. The first-order valence-corrected chi connectivity index (χ1v) is 11.3. The number of benzene rings is 1. The molecule has 2 aliphatic rings. The number of rotatable bonds is 6. The number of nitrogens with one attached hydrogen (secondary N) is 2. The Morgan fingerprint density at radius 2 is 2.04 bits per heavy atom. The Kier molecular flexibility index (Phi) is 4.92. The number of methoxy groups -OCH3 is 1.